The Morgan fingerprint density at radius 1 is 1.06 bits per heavy atom. The van der Waals surface area contributed by atoms with Gasteiger partial charge in [0.25, 0.3) is 0 Å². The highest BCUT2D eigenvalue weighted by Crippen LogP contribution is 2.39. The molecule has 0 radical (unpaired) electrons. The lowest BCUT2D eigenvalue weighted by molar-refractivity contribution is -0.140. The zero-order chi connectivity index (χ0) is 13.0. The molecule has 1 saturated carbocycles. The third-order valence-electron chi connectivity index (χ3n) is 3.59. The van der Waals surface area contributed by atoms with Crippen molar-refractivity contribution in [3.63, 3.8) is 0 Å². The van der Waals surface area contributed by atoms with Crippen LogP contribution in [0.25, 0.3) is 0 Å². The predicted molar refractivity (Wildman–Crippen MR) is 70.0 cm³/mol. The molecular formula is C14H18N2O2. The maximum atomic E-state index is 12.4. The smallest absolute Gasteiger partial charge is 0.240 e. The Bertz CT molecular complexity index is 436. The van der Waals surface area contributed by atoms with Crippen LogP contribution < -0.4 is 10.6 Å². The molecule has 96 valence electrons. The second-order valence-corrected chi connectivity index (χ2v) is 4.69. The quantitative estimate of drug-likeness (QED) is 0.801. The first-order valence-corrected chi connectivity index (χ1v) is 6.28. The third kappa shape index (κ3) is 2.23. The predicted octanol–water partition coefficient (Wildman–Crippen LogP) is 1.93. The summed E-state index contributed by atoms with van der Waals surface area (Å²) in [5, 5.41) is 5.45. The Kier molecular flexibility index (Phi) is 3.65. The molecular weight excluding hydrogens is 228 g/mol. The zero-order valence-corrected chi connectivity index (χ0v) is 10.5. The molecule has 4 nitrogen and oxygen atoms in total. The molecule has 0 heterocycles. The van der Waals surface area contributed by atoms with Crippen LogP contribution in [-0.2, 0) is 9.59 Å². The average Bonchev–Trinajstić information content (AvgIpc) is 2.89. The molecule has 0 saturated heterocycles. The third-order valence-corrected chi connectivity index (χ3v) is 3.59. The number of carbonyl (C=O) groups excluding carboxylic acids is 2. The Hall–Kier alpha value is -1.84. The molecule has 1 aromatic rings. The van der Waals surface area contributed by atoms with Crippen LogP contribution >= 0.6 is 0 Å². The standard InChI is InChI=1S/C14H18N2O2/c1-15-12(17)14(9-5-6-10-14)13(18)16-11-7-3-2-4-8-11/h2-4,7-8H,5-6,9-10H2,1H3,(H,15,17)(H,16,18). The molecule has 4 heteroatoms. The maximum Gasteiger partial charge on any atom is 0.240 e. The van der Waals surface area contributed by atoms with E-state index in [1.807, 2.05) is 30.3 Å². The molecule has 1 aliphatic carbocycles. The minimum Gasteiger partial charge on any atom is -0.358 e. The highest BCUT2D eigenvalue weighted by molar-refractivity contribution is 6.10. The number of hydrogen-bond acceptors (Lipinski definition) is 2. The number of anilines is 1. The van der Waals surface area contributed by atoms with E-state index in [0.717, 1.165) is 18.5 Å². The van der Waals surface area contributed by atoms with Crippen molar-refractivity contribution in [2.75, 3.05) is 12.4 Å². The fourth-order valence-electron chi connectivity index (χ4n) is 2.55. The number of nitrogens with one attached hydrogen (secondary N) is 2. The van der Waals surface area contributed by atoms with Crippen molar-refractivity contribution >= 4 is 17.5 Å². The van der Waals surface area contributed by atoms with Crippen LogP contribution in [0.2, 0.25) is 0 Å². The second kappa shape index (κ2) is 5.21. The van der Waals surface area contributed by atoms with Crippen molar-refractivity contribution < 1.29 is 9.59 Å². The number of hydrogen-bond donors (Lipinski definition) is 2. The number of amides is 2. The van der Waals surface area contributed by atoms with Gasteiger partial charge in [0.2, 0.25) is 11.8 Å². The summed E-state index contributed by atoms with van der Waals surface area (Å²) in [5.74, 6) is -0.362. The molecule has 0 aliphatic heterocycles. The van der Waals surface area contributed by atoms with Crippen LogP contribution in [0.4, 0.5) is 5.69 Å². The topological polar surface area (TPSA) is 58.2 Å². The molecule has 0 bridgehead atoms. The molecule has 0 aromatic heterocycles. The first-order chi connectivity index (χ1) is 8.69. The summed E-state index contributed by atoms with van der Waals surface area (Å²) >= 11 is 0. The summed E-state index contributed by atoms with van der Waals surface area (Å²) in [7, 11) is 1.58. The monoisotopic (exact) mass is 246 g/mol. The Balaban J connectivity index is 2.17. The number of benzene rings is 1. The second-order valence-electron chi connectivity index (χ2n) is 4.69. The average molecular weight is 246 g/mol. The van der Waals surface area contributed by atoms with Crippen LogP contribution in [0.3, 0.4) is 0 Å². The number of carbonyl (C=O) groups is 2. The minimum absolute atomic E-state index is 0.173. The van der Waals surface area contributed by atoms with Gasteiger partial charge in [0, 0.05) is 12.7 Å². The largest absolute Gasteiger partial charge is 0.358 e. The summed E-state index contributed by atoms with van der Waals surface area (Å²) < 4.78 is 0. The fourth-order valence-corrected chi connectivity index (χ4v) is 2.55. The van der Waals surface area contributed by atoms with Gasteiger partial charge in [-0.15, -0.1) is 0 Å². The Morgan fingerprint density at radius 2 is 1.67 bits per heavy atom. The summed E-state index contributed by atoms with van der Waals surface area (Å²) in [5.41, 5.74) is -0.150. The zero-order valence-electron chi connectivity index (χ0n) is 10.5. The van der Waals surface area contributed by atoms with Gasteiger partial charge in [0.1, 0.15) is 5.41 Å². The van der Waals surface area contributed by atoms with Gasteiger partial charge in [0.05, 0.1) is 0 Å². The van der Waals surface area contributed by atoms with Gasteiger partial charge in [-0.3, -0.25) is 9.59 Å². The van der Waals surface area contributed by atoms with Crippen LogP contribution in [-0.4, -0.2) is 18.9 Å². The van der Waals surface area contributed by atoms with E-state index in [-0.39, 0.29) is 11.8 Å². The van der Waals surface area contributed by atoms with E-state index < -0.39 is 5.41 Å². The lowest BCUT2D eigenvalue weighted by Crippen LogP contribution is -2.46. The summed E-state index contributed by atoms with van der Waals surface area (Å²) in [6.07, 6.45) is 3.11. The van der Waals surface area contributed by atoms with Crippen molar-refractivity contribution in [1.29, 1.82) is 0 Å². The molecule has 2 N–H and O–H groups in total. The fraction of sp³-hybridized carbons (Fsp3) is 0.429. The van der Waals surface area contributed by atoms with Crippen LogP contribution in [0.1, 0.15) is 25.7 Å². The first-order valence-electron chi connectivity index (χ1n) is 6.28. The summed E-state index contributed by atoms with van der Waals surface area (Å²) in [6.45, 7) is 0. The van der Waals surface area contributed by atoms with Gasteiger partial charge in [-0.25, -0.2) is 0 Å². The van der Waals surface area contributed by atoms with E-state index in [2.05, 4.69) is 10.6 Å². The van der Waals surface area contributed by atoms with Crippen molar-refractivity contribution in [3.8, 4) is 0 Å². The van der Waals surface area contributed by atoms with E-state index in [1.54, 1.807) is 7.05 Å². The molecule has 0 spiro atoms. The summed E-state index contributed by atoms with van der Waals surface area (Å²) in [6, 6.07) is 9.25. The molecule has 18 heavy (non-hydrogen) atoms. The van der Waals surface area contributed by atoms with Crippen LogP contribution in [0.5, 0.6) is 0 Å². The Labute approximate surface area is 107 Å². The van der Waals surface area contributed by atoms with Gasteiger partial charge in [-0.2, -0.15) is 0 Å². The van der Waals surface area contributed by atoms with E-state index in [4.69, 9.17) is 0 Å². The van der Waals surface area contributed by atoms with Crippen LogP contribution in [0.15, 0.2) is 30.3 Å². The highest BCUT2D eigenvalue weighted by atomic mass is 16.2. The van der Waals surface area contributed by atoms with Gasteiger partial charge in [0.15, 0.2) is 0 Å². The van der Waals surface area contributed by atoms with E-state index in [0.29, 0.717) is 12.8 Å². The molecule has 2 amide bonds. The lowest BCUT2D eigenvalue weighted by Gasteiger charge is -2.25. The SMILES string of the molecule is CNC(=O)C1(C(=O)Nc2ccccc2)CCCC1. The van der Waals surface area contributed by atoms with Gasteiger partial charge in [-0.05, 0) is 25.0 Å². The normalized spacial score (nSPS) is 17.2. The number of para-hydroxylation sites is 1. The van der Waals surface area contributed by atoms with Crippen molar-refractivity contribution in [2.45, 2.75) is 25.7 Å². The molecule has 2 rings (SSSR count). The molecule has 1 aromatic carbocycles. The highest BCUT2D eigenvalue weighted by Gasteiger charge is 2.47. The first kappa shape index (κ1) is 12.6. The van der Waals surface area contributed by atoms with E-state index >= 15 is 0 Å². The van der Waals surface area contributed by atoms with Crippen molar-refractivity contribution in [2.24, 2.45) is 5.41 Å². The van der Waals surface area contributed by atoms with Gasteiger partial charge < -0.3 is 10.6 Å². The van der Waals surface area contributed by atoms with Crippen molar-refractivity contribution in [3.05, 3.63) is 30.3 Å². The molecule has 1 fully saturated rings. The molecule has 0 unspecified atom stereocenters. The lowest BCUT2D eigenvalue weighted by atomic mass is 9.84. The maximum absolute atomic E-state index is 12.4. The van der Waals surface area contributed by atoms with Gasteiger partial charge >= 0.3 is 0 Å². The molecule has 0 atom stereocenters. The van der Waals surface area contributed by atoms with Gasteiger partial charge in [-0.1, -0.05) is 31.0 Å². The minimum atomic E-state index is -0.884. The Morgan fingerprint density at radius 3 is 2.22 bits per heavy atom. The van der Waals surface area contributed by atoms with Crippen LogP contribution in [0, 0.1) is 5.41 Å². The number of rotatable bonds is 3. The van der Waals surface area contributed by atoms with E-state index in [9.17, 15) is 9.59 Å². The summed E-state index contributed by atoms with van der Waals surface area (Å²) in [4.78, 5) is 24.4. The molecule has 1 aliphatic rings. The van der Waals surface area contributed by atoms with Crippen molar-refractivity contribution in [1.82, 2.24) is 5.32 Å². The van der Waals surface area contributed by atoms with E-state index in [1.165, 1.54) is 0 Å².